The van der Waals surface area contributed by atoms with Crippen molar-refractivity contribution in [1.29, 1.82) is 0 Å². The van der Waals surface area contributed by atoms with Crippen LogP contribution in [-0.4, -0.2) is 64.4 Å². The van der Waals surface area contributed by atoms with Crippen LogP contribution in [0.15, 0.2) is 29.0 Å². The second-order valence-electron chi connectivity index (χ2n) is 6.77. The van der Waals surface area contributed by atoms with E-state index in [1.165, 1.54) is 0 Å². The zero-order valence-corrected chi connectivity index (χ0v) is 14.6. The third-order valence-electron chi connectivity index (χ3n) is 5.14. The monoisotopic (exact) mass is 344 g/mol. The van der Waals surface area contributed by atoms with Crippen molar-refractivity contribution in [3.63, 3.8) is 0 Å². The largest absolute Gasteiger partial charge is 0.459 e. The minimum atomic E-state index is -0.0320. The van der Waals surface area contributed by atoms with Crippen molar-refractivity contribution in [3.05, 3.63) is 41.6 Å². The number of hydrogen-bond donors (Lipinski definition) is 0. The summed E-state index contributed by atoms with van der Waals surface area (Å²) in [6.07, 6.45) is 4.28. The minimum absolute atomic E-state index is 0.0320. The standard InChI is InChI=1S/C18H24N4O3/c1-14-4-9-25-17(14)18(23)21-13-16-2-5-19-22(16)6-3-15(21)12-20-7-10-24-11-8-20/h2,4-5,9,15H,3,6-8,10-13H2,1H3. The number of ether oxygens (including phenoxy) is 1. The van der Waals surface area contributed by atoms with Gasteiger partial charge in [0.25, 0.3) is 5.91 Å². The Morgan fingerprint density at radius 1 is 1.28 bits per heavy atom. The molecular weight excluding hydrogens is 320 g/mol. The number of morpholine rings is 1. The van der Waals surface area contributed by atoms with Gasteiger partial charge in [-0.1, -0.05) is 0 Å². The molecule has 1 atom stereocenters. The first-order chi connectivity index (χ1) is 12.2. The van der Waals surface area contributed by atoms with Gasteiger partial charge in [0.15, 0.2) is 5.76 Å². The van der Waals surface area contributed by atoms with E-state index < -0.39 is 0 Å². The first kappa shape index (κ1) is 16.4. The lowest BCUT2D eigenvalue weighted by molar-refractivity contribution is 0.0195. The number of furan rings is 1. The lowest BCUT2D eigenvalue weighted by Crippen LogP contribution is -2.48. The average molecular weight is 344 g/mol. The molecule has 25 heavy (non-hydrogen) atoms. The maximum Gasteiger partial charge on any atom is 0.290 e. The van der Waals surface area contributed by atoms with Crippen molar-refractivity contribution in [2.75, 3.05) is 32.8 Å². The predicted octanol–water partition coefficient (Wildman–Crippen LogP) is 1.53. The summed E-state index contributed by atoms with van der Waals surface area (Å²) in [6, 6.07) is 3.97. The van der Waals surface area contributed by atoms with E-state index in [0.29, 0.717) is 12.3 Å². The fourth-order valence-electron chi connectivity index (χ4n) is 3.66. The number of amides is 1. The third kappa shape index (κ3) is 3.34. The second-order valence-corrected chi connectivity index (χ2v) is 6.77. The molecule has 1 amide bonds. The average Bonchev–Trinajstić information content (AvgIpc) is 3.22. The molecule has 0 aromatic carbocycles. The fourth-order valence-corrected chi connectivity index (χ4v) is 3.66. The van der Waals surface area contributed by atoms with Crippen molar-refractivity contribution < 1.29 is 13.9 Å². The van der Waals surface area contributed by atoms with Gasteiger partial charge >= 0.3 is 0 Å². The summed E-state index contributed by atoms with van der Waals surface area (Å²) in [4.78, 5) is 17.5. The van der Waals surface area contributed by atoms with E-state index in [1.807, 2.05) is 28.6 Å². The van der Waals surface area contributed by atoms with Crippen LogP contribution in [0.25, 0.3) is 0 Å². The lowest BCUT2D eigenvalue weighted by Gasteiger charge is -2.35. The zero-order chi connectivity index (χ0) is 17.2. The lowest BCUT2D eigenvalue weighted by atomic mass is 10.1. The van der Waals surface area contributed by atoms with Crippen LogP contribution in [0, 0.1) is 6.92 Å². The number of nitrogens with zero attached hydrogens (tertiary/aromatic N) is 4. The Bertz CT molecular complexity index is 732. The number of aromatic nitrogens is 2. The number of carbonyl (C=O) groups excluding carboxylic acids is 1. The molecule has 134 valence electrons. The molecule has 0 radical (unpaired) electrons. The van der Waals surface area contributed by atoms with Gasteiger partial charge in [-0.15, -0.1) is 0 Å². The normalized spacial score (nSPS) is 21.8. The van der Waals surface area contributed by atoms with Gasteiger partial charge in [0, 0.05) is 44.0 Å². The number of rotatable bonds is 3. The molecular formula is C18H24N4O3. The molecule has 0 saturated carbocycles. The molecule has 0 aliphatic carbocycles. The van der Waals surface area contributed by atoms with Gasteiger partial charge in [0.1, 0.15) is 0 Å². The maximum absolute atomic E-state index is 13.2. The first-order valence-corrected chi connectivity index (χ1v) is 8.88. The molecule has 7 nitrogen and oxygen atoms in total. The molecule has 0 bridgehead atoms. The number of hydrogen-bond acceptors (Lipinski definition) is 5. The molecule has 0 N–H and O–H groups in total. The van der Waals surface area contributed by atoms with Gasteiger partial charge in [-0.2, -0.15) is 5.10 Å². The van der Waals surface area contributed by atoms with Crippen LogP contribution in [0.3, 0.4) is 0 Å². The molecule has 1 saturated heterocycles. The van der Waals surface area contributed by atoms with Crippen LogP contribution in [0.5, 0.6) is 0 Å². The molecule has 1 unspecified atom stereocenters. The summed E-state index contributed by atoms with van der Waals surface area (Å²) in [5.74, 6) is 0.412. The zero-order valence-electron chi connectivity index (χ0n) is 14.6. The van der Waals surface area contributed by atoms with Crippen molar-refractivity contribution in [2.45, 2.75) is 32.5 Å². The highest BCUT2D eigenvalue weighted by atomic mass is 16.5. The summed E-state index contributed by atoms with van der Waals surface area (Å²) in [6.45, 7) is 7.53. The molecule has 7 heteroatoms. The Hall–Kier alpha value is -2.12. The molecule has 4 rings (SSSR count). The Morgan fingerprint density at radius 2 is 2.12 bits per heavy atom. The van der Waals surface area contributed by atoms with Gasteiger partial charge in [0.05, 0.1) is 31.7 Å². The summed E-state index contributed by atoms with van der Waals surface area (Å²) >= 11 is 0. The molecule has 1 fully saturated rings. The van der Waals surface area contributed by atoms with E-state index >= 15 is 0 Å². The number of fused-ring (bicyclic) bond motifs is 1. The smallest absolute Gasteiger partial charge is 0.290 e. The van der Waals surface area contributed by atoms with Crippen LogP contribution in [0.1, 0.15) is 28.2 Å². The second kappa shape index (κ2) is 7.01. The van der Waals surface area contributed by atoms with Gasteiger partial charge in [-0.25, -0.2) is 0 Å². The van der Waals surface area contributed by atoms with Crippen LogP contribution in [0.4, 0.5) is 0 Å². The van der Waals surface area contributed by atoms with Crippen molar-refractivity contribution >= 4 is 5.91 Å². The molecule has 4 heterocycles. The highest BCUT2D eigenvalue weighted by Gasteiger charge is 2.32. The highest BCUT2D eigenvalue weighted by Crippen LogP contribution is 2.22. The molecule has 0 spiro atoms. The maximum atomic E-state index is 13.2. The van der Waals surface area contributed by atoms with Crippen molar-refractivity contribution in [2.24, 2.45) is 0 Å². The molecule has 2 aliphatic heterocycles. The van der Waals surface area contributed by atoms with E-state index in [1.54, 1.807) is 12.5 Å². The number of aryl methyl sites for hydroxylation is 2. The van der Waals surface area contributed by atoms with Crippen molar-refractivity contribution in [1.82, 2.24) is 19.6 Å². The van der Waals surface area contributed by atoms with Crippen molar-refractivity contribution in [3.8, 4) is 0 Å². The Balaban J connectivity index is 1.59. The van der Waals surface area contributed by atoms with E-state index in [-0.39, 0.29) is 11.9 Å². The fraction of sp³-hybridized carbons (Fsp3) is 0.556. The highest BCUT2D eigenvalue weighted by molar-refractivity contribution is 5.93. The minimum Gasteiger partial charge on any atom is -0.459 e. The van der Waals surface area contributed by atoms with Crippen LogP contribution >= 0.6 is 0 Å². The van der Waals surface area contributed by atoms with E-state index in [0.717, 1.165) is 57.1 Å². The summed E-state index contributed by atoms with van der Waals surface area (Å²) in [7, 11) is 0. The van der Waals surface area contributed by atoms with Gasteiger partial charge in [0.2, 0.25) is 0 Å². The van der Waals surface area contributed by atoms with Gasteiger partial charge in [-0.05, 0) is 25.5 Å². The summed E-state index contributed by atoms with van der Waals surface area (Å²) in [5.41, 5.74) is 1.95. The third-order valence-corrected chi connectivity index (χ3v) is 5.14. The van der Waals surface area contributed by atoms with Crippen LogP contribution < -0.4 is 0 Å². The topological polar surface area (TPSA) is 63.7 Å². The first-order valence-electron chi connectivity index (χ1n) is 8.88. The summed E-state index contributed by atoms with van der Waals surface area (Å²) < 4.78 is 12.9. The van der Waals surface area contributed by atoms with E-state index in [9.17, 15) is 4.79 Å². The molecule has 2 aromatic heterocycles. The summed E-state index contributed by atoms with van der Waals surface area (Å²) in [5, 5.41) is 4.39. The number of carbonyl (C=O) groups is 1. The van der Waals surface area contributed by atoms with E-state index in [4.69, 9.17) is 9.15 Å². The van der Waals surface area contributed by atoms with Gasteiger partial charge < -0.3 is 14.1 Å². The Morgan fingerprint density at radius 3 is 2.88 bits per heavy atom. The molecule has 2 aliphatic rings. The van der Waals surface area contributed by atoms with E-state index in [2.05, 4.69) is 10.00 Å². The Labute approximate surface area is 147 Å². The predicted molar refractivity (Wildman–Crippen MR) is 91.2 cm³/mol. The van der Waals surface area contributed by atoms with Crippen LogP contribution in [-0.2, 0) is 17.8 Å². The SMILES string of the molecule is Cc1ccoc1C(=O)N1Cc2ccnn2CCC1CN1CCOCC1. The quantitative estimate of drug-likeness (QED) is 0.845. The molecule has 2 aromatic rings. The van der Waals surface area contributed by atoms with Gasteiger partial charge in [-0.3, -0.25) is 14.4 Å². The Kier molecular flexibility index (Phi) is 4.59. The van der Waals surface area contributed by atoms with Crippen LogP contribution in [0.2, 0.25) is 0 Å².